The molecular weight excluding hydrogens is 420 g/mol. The molecule has 1 saturated heterocycles. The van der Waals surface area contributed by atoms with Crippen molar-refractivity contribution in [2.24, 2.45) is 0 Å². The number of methoxy groups -OCH3 is 1. The largest absolute Gasteiger partial charge is 0.497 e. The molecule has 0 aliphatic carbocycles. The van der Waals surface area contributed by atoms with Crippen molar-refractivity contribution in [2.75, 3.05) is 27.2 Å². The van der Waals surface area contributed by atoms with Crippen LogP contribution < -0.4 is 10.1 Å². The number of aromatic nitrogens is 4. The first kappa shape index (κ1) is 22.4. The van der Waals surface area contributed by atoms with Crippen LogP contribution in [-0.4, -0.2) is 63.9 Å². The van der Waals surface area contributed by atoms with Gasteiger partial charge in [0.2, 0.25) is 0 Å². The molecular formula is C24H28N6O3. The van der Waals surface area contributed by atoms with E-state index in [0.717, 1.165) is 24.2 Å². The molecule has 1 aromatic carbocycles. The van der Waals surface area contributed by atoms with E-state index in [4.69, 9.17) is 9.72 Å². The number of ether oxygens (including phenoxy) is 1. The zero-order valence-corrected chi connectivity index (χ0v) is 19.3. The van der Waals surface area contributed by atoms with Gasteiger partial charge in [-0.3, -0.25) is 9.59 Å². The fourth-order valence-corrected chi connectivity index (χ4v) is 4.18. The normalized spacial score (nSPS) is 15.9. The zero-order chi connectivity index (χ0) is 23.5. The van der Waals surface area contributed by atoms with Gasteiger partial charge in [-0.25, -0.2) is 15.0 Å². The fraction of sp³-hybridized carbons (Fsp3) is 0.375. The molecule has 0 saturated carbocycles. The summed E-state index contributed by atoms with van der Waals surface area (Å²) in [5, 5.41) is 2.68. The minimum absolute atomic E-state index is 0.00947. The molecule has 1 aliphatic heterocycles. The molecule has 3 aromatic rings. The first-order chi connectivity index (χ1) is 15.9. The molecule has 1 aliphatic rings. The smallest absolute Gasteiger partial charge is 0.269 e. The minimum atomic E-state index is -0.240. The summed E-state index contributed by atoms with van der Waals surface area (Å²) in [7, 11) is 3.20. The van der Waals surface area contributed by atoms with Crippen LogP contribution in [0.3, 0.4) is 0 Å². The molecule has 3 heterocycles. The predicted molar refractivity (Wildman–Crippen MR) is 123 cm³/mol. The standard InChI is InChI=1S/C24H28N6O3/c1-14-19(12-26-15(2)27-14)24(32)30-11-5-6-17(13-30)22-28-20(21(29-22)23(31)25-3)16-7-9-18(33-4)10-8-16/h7-10,12,17H,5-6,11,13H2,1-4H3,(H,25,31)(H,28,29)/t17-/m0/s1. The van der Waals surface area contributed by atoms with Crippen LogP contribution in [0.4, 0.5) is 0 Å². The Hall–Kier alpha value is -3.75. The Labute approximate surface area is 192 Å². The molecule has 33 heavy (non-hydrogen) atoms. The molecule has 0 radical (unpaired) electrons. The summed E-state index contributed by atoms with van der Waals surface area (Å²) in [6.45, 7) is 4.80. The predicted octanol–water partition coefficient (Wildman–Crippen LogP) is 2.87. The molecule has 1 fully saturated rings. The van der Waals surface area contributed by atoms with Crippen molar-refractivity contribution in [3.8, 4) is 17.0 Å². The van der Waals surface area contributed by atoms with E-state index < -0.39 is 0 Å². The summed E-state index contributed by atoms with van der Waals surface area (Å²) in [4.78, 5) is 44.1. The number of H-pyrrole nitrogens is 1. The number of nitrogens with zero attached hydrogens (tertiary/aromatic N) is 4. The molecule has 2 N–H and O–H groups in total. The average Bonchev–Trinajstić information content (AvgIpc) is 3.29. The van der Waals surface area contributed by atoms with E-state index in [2.05, 4.69) is 20.3 Å². The SMILES string of the molecule is CNC(=O)c1[nH]c([C@H]2CCCN(C(=O)c3cnc(C)nc3C)C2)nc1-c1ccc(OC)cc1. The Morgan fingerprint density at radius 2 is 1.94 bits per heavy atom. The number of imidazole rings is 1. The lowest BCUT2D eigenvalue weighted by molar-refractivity contribution is 0.0702. The summed E-state index contributed by atoms with van der Waals surface area (Å²) in [6, 6.07) is 7.43. The Balaban J connectivity index is 1.62. The first-order valence-electron chi connectivity index (χ1n) is 11.0. The molecule has 4 rings (SSSR count). The number of carbonyl (C=O) groups excluding carboxylic acids is 2. The number of likely N-dealkylation sites (tertiary alicyclic amines) is 1. The third kappa shape index (κ3) is 4.57. The second-order valence-electron chi connectivity index (χ2n) is 8.16. The van der Waals surface area contributed by atoms with Gasteiger partial charge in [0.25, 0.3) is 11.8 Å². The van der Waals surface area contributed by atoms with Crippen molar-refractivity contribution in [3.05, 3.63) is 59.1 Å². The van der Waals surface area contributed by atoms with Gasteiger partial charge in [-0.05, 0) is 51.0 Å². The van der Waals surface area contributed by atoms with Gasteiger partial charge in [0.15, 0.2) is 0 Å². The monoisotopic (exact) mass is 448 g/mol. The number of hydrogen-bond donors (Lipinski definition) is 2. The number of aromatic amines is 1. The summed E-state index contributed by atoms with van der Waals surface area (Å²) in [5.41, 5.74) is 3.00. The van der Waals surface area contributed by atoms with Crippen molar-refractivity contribution in [3.63, 3.8) is 0 Å². The summed E-state index contributed by atoms with van der Waals surface area (Å²) in [5.74, 6) is 1.75. The molecule has 0 unspecified atom stereocenters. The average molecular weight is 449 g/mol. The van der Waals surface area contributed by atoms with E-state index in [1.165, 1.54) is 0 Å². The van der Waals surface area contributed by atoms with Gasteiger partial charge in [-0.2, -0.15) is 0 Å². The molecule has 9 heteroatoms. The van der Waals surface area contributed by atoms with Crippen molar-refractivity contribution in [1.82, 2.24) is 30.2 Å². The van der Waals surface area contributed by atoms with Crippen LogP contribution in [0.5, 0.6) is 5.75 Å². The number of rotatable bonds is 5. The quantitative estimate of drug-likeness (QED) is 0.621. The van der Waals surface area contributed by atoms with Gasteiger partial charge in [0.1, 0.15) is 28.8 Å². The highest BCUT2D eigenvalue weighted by Gasteiger charge is 2.30. The van der Waals surface area contributed by atoms with Crippen LogP contribution in [0.2, 0.25) is 0 Å². The Morgan fingerprint density at radius 1 is 1.18 bits per heavy atom. The third-order valence-electron chi connectivity index (χ3n) is 5.97. The number of amides is 2. The molecule has 9 nitrogen and oxygen atoms in total. The summed E-state index contributed by atoms with van der Waals surface area (Å²) in [6.07, 6.45) is 3.31. The van der Waals surface area contributed by atoms with Crippen LogP contribution in [0.15, 0.2) is 30.5 Å². The van der Waals surface area contributed by atoms with E-state index in [1.54, 1.807) is 27.3 Å². The van der Waals surface area contributed by atoms with Crippen molar-refractivity contribution in [1.29, 1.82) is 0 Å². The van der Waals surface area contributed by atoms with Gasteiger partial charge in [0, 0.05) is 37.8 Å². The van der Waals surface area contributed by atoms with E-state index in [-0.39, 0.29) is 17.7 Å². The van der Waals surface area contributed by atoms with Gasteiger partial charge < -0.3 is 19.9 Å². The molecule has 1 atom stereocenters. The van der Waals surface area contributed by atoms with Crippen LogP contribution in [0, 0.1) is 13.8 Å². The van der Waals surface area contributed by atoms with Gasteiger partial charge in [-0.15, -0.1) is 0 Å². The molecule has 2 aromatic heterocycles. The molecule has 0 bridgehead atoms. The van der Waals surface area contributed by atoms with E-state index in [0.29, 0.717) is 47.4 Å². The highest BCUT2D eigenvalue weighted by Crippen LogP contribution is 2.31. The number of benzene rings is 1. The van der Waals surface area contributed by atoms with Crippen LogP contribution in [0.1, 0.15) is 56.9 Å². The fourth-order valence-electron chi connectivity index (χ4n) is 4.18. The summed E-state index contributed by atoms with van der Waals surface area (Å²) < 4.78 is 5.24. The second kappa shape index (κ2) is 9.40. The van der Waals surface area contributed by atoms with Crippen molar-refractivity contribution in [2.45, 2.75) is 32.6 Å². The summed E-state index contributed by atoms with van der Waals surface area (Å²) >= 11 is 0. The molecule has 2 amide bonds. The Morgan fingerprint density at radius 3 is 2.61 bits per heavy atom. The molecule has 0 spiro atoms. The van der Waals surface area contributed by atoms with Crippen LogP contribution in [0.25, 0.3) is 11.3 Å². The number of aryl methyl sites for hydroxylation is 2. The van der Waals surface area contributed by atoms with E-state index >= 15 is 0 Å². The Bertz CT molecular complexity index is 1170. The number of hydrogen-bond acceptors (Lipinski definition) is 6. The maximum absolute atomic E-state index is 13.2. The third-order valence-corrected chi connectivity index (χ3v) is 5.97. The lowest BCUT2D eigenvalue weighted by Gasteiger charge is -2.32. The first-order valence-corrected chi connectivity index (χ1v) is 11.0. The van der Waals surface area contributed by atoms with E-state index in [9.17, 15) is 9.59 Å². The Kier molecular flexibility index (Phi) is 6.39. The second-order valence-corrected chi connectivity index (χ2v) is 8.16. The van der Waals surface area contributed by atoms with Crippen molar-refractivity contribution < 1.29 is 14.3 Å². The van der Waals surface area contributed by atoms with E-state index in [1.807, 2.05) is 36.1 Å². The van der Waals surface area contributed by atoms with Crippen molar-refractivity contribution >= 4 is 11.8 Å². The lowest BCUT2D eigenvalue weighted by atomic mass is 9.96. The highest BCUT2D eigenvalue weighted by molar-refractivity contribution is 5.98. The number of nitrogens with one attached hydrogen (secondary N) is 2. The van der Waals surface area contributed by atoms with Gasteiger partial charge in [0.05, 0.1) is 18.4 Å². The maximum Gasteiger partial charge on any atom is 0.269 e. The highest BCUT2D eigenvalue weighted by atomic mass is 16.5. The maximum atomic E-state index is 13.2. The number of carbonyl (C=O) groups is 2. The van der Waals surface area contributed by atoms with Crippen LogP contribution >= 0.6 is 0 Å². The number of piperidine rings is 1. The van der Waals surface area contributed by atoms with Crippen LogP contribution in [-0.2, 0) is 0 Å². The van der Waals surface area contributed by atoms with Gasteiger partial charge >= 0.3 is 0 Å². The van der Waals surface area contributed by atoms with Gasteiger partial charge in [-0.1, -0.05) is 0 Å². The zero-order valence-electron chi connectivity index (χ0n) is 19.3. The molecule has 172 valence electrons. The topological polar surface area (TPSA) is 113 Å². The lowest BCUT2D eigenvalue weighted by Crippen LogP contribution is -2.39. The minimum Gasteiger partial charge on any atom is -0.497 e.